The van der Waals surface area contributed by atoms with E-state index in [-0.39, 0.29) is 11.6 Å². The summed E-state index contributed by atoms with van der Waals surface area (Å²) < 4.78 is 17.7. The predicted molar refractivity (Wildman–Crippen MR) is 82.2 cm³/mol. The molecule has 0 N–H and O–H groups in total. The van der Waals surface area contributed by atoms with Crippen molar-refractivity contribution in [2.45, 2.75) is 6.92 Å². The van der Waals surface area contributed by atoms with Crippen molar-refractivity contribution < 1.29 is 18.7 Å². The van der Waals surface area contributed by atoms with E-state index in [0.29, 0.717) is 17.7 Å². The van der Waals surface area contributed by atoms with Gasteiger partial charge < -0.3 is 4.74 Å². The Morgan fingerprint density at radius 2 is 1.59 bits per heavy atom. The first-order chi connectivity index (χ1) is 10.6. The maximum absolute atomic E-state index is 12.8. The maximum atomic E-state index is 12.8. The number of carbonyl (C=O) groups is 2. The molecule has 2 aromatic carbocycles. The number of ketones is 1. The molecule has 0 bridgehead atoms. The molecule has 0 saturated carbocycles. The number of hydrogen-bond acceptors (Lipinski definition) is 3. The van der Waals surface area contributed by atoms with E-state index in [1.807, 2.05) is 0 Å². The van der Waals surface area contributed by atoms with Gasteiger partial charge in [-0.1, -0.05) is 30.3 Å². The lowest BCUT2D eigenvalue weighted by atomic mass is 10.1. The molecule has 0 aromatic heterocycles. The van der Waals surface area contributed by atoms with Crippen molar-refractivity contribution in [3.05, 3.63) is 77.1 Å². The van der Waals surface area contributed by atoms with Crippen molar-refractivity contribution in [3.63, 3.8) is 0 Å². The first-order valence-electron chi connectivity index (χ1n) is 6.85. The lowest BCUT2D eigenvalue weighted by Crippen LogP contribution is -2.05. The monoisotopic (exact) mass is 298 g/mol. The molecule has 112 valence electrons. The summed E-state index contributed by atoms with van der Waals surface area (Å²) in [4.78, 5) is 23.5. The molecule has 0 aliphatic heterocycles. The first-order valence-corrected chi connectivity index (χ1v) is 6.85. The van der Waals surface area contributed by atoms with Gasteiger partial charge in [-0.2, -0.15) is 0 Å². The molecule has 22 heavy (non-hydrogen) atoms. The second kappa shape index (κ2) is 7.31. The Hall–Kier alpha value is -2.75. The Balaban J connectivity index is 2.06. The highest BCUT2D eigenvalue weighted by Crippen LogP contribution is 2.09. The van der Waals surface area contributed by atoms with Gasteiger partial charge in [-0.3, -0.25) is 4.79 Å². The topological polar surface area (TPSA) is 43.4 Å². The Kier molecular flexibility index (Phi) is 5.20. The summed E-state index contributed by atoms with van der Waals surface area (Å²) in [7, 11) is 0. The molecule has 2 rings (SSSR count). The number of allylic oxidation sites excluding steroid dienone is 1. The summed E-state index contributed by atoms with van der Waals surface area (Å²) in [5.74, 6) is -0.930. The van der Waals surface area contributed by atoms with E-state index >= 15 is 0 Å². The molecule has 0 amide bonds. The van der Waals surface area contributed by atoms with Gasteiger partial charge in [0.2, 0.25) is 0 Å². The van der Waals surface area contributed by atoms with Crippen molar-refractivity contribution in [1.82, 2.24) is 0 Å². The van der Waals surface area contributed by atoms with Crippen LogP contribution in [0.2, 0.25) is 0 Å². The lowest BCUT2D eigenvalue weighted by Gasteiger charge is -2.02. The minimum Gasteiger partial charge on any atom is -0.462 e. The van der Waals surface area contributed by atoms with E-state index in [4.69, 9.17) is 4.74 Å². The molecule has 2 aromatic rings. The SMILES string of the molecule is CCOC(=O)c1ccc(C(=O)/C=C/c2ccc(F)cc2)cc1. The van der Waals surface area contributed by atoms with Crippen LogP contribution in [0.25, 0.3) is 6.08 Å². The van der Waals surface area contributed by atoms with E-state index in [9.17, 15) is 14.0 Å². The highest BCUT2D eigenvalue weighted by atomic mass is 19.1. The molecule has 0 atom stereocenters. The molecule has 0 aliphatic carbocycles. The quantitative estimate of drug-likeness (QED) is 0.478. The summed E-state index contributed by atoms with van der Waals surface area (Å²) in [5, 5.41) is 0. The van der Waals surface area contributed by atoms with Gasteiger partial charge in [0, 0.05) is 5.56 Å². The summed E-state index contributed by atoms with van der Waals surface area (Å²) in [6.07, 6.45) is 3.02. The molecule has 0 saturated heterocycles. The van der Waals surface area contributed by atoms with Crippen molar-refractivity contribution in [2.24, 2.45) is 0 Å². The fourth-order valence-corrected chi connectivity index (χ4v) is 1.83. The fourth-order valence-electron chi connectivity index (χ4n) is 1.83. The van der Waals surface area contributed by atoms with Crippen molar-refractivity contribution in [1.29, 1.82) is 0 Å². The molecular weight excluding hydrogens is 283 g/mol. The highest BCUT2D eigenvalue weighted by Gasteiger charge is 2.07. The molecule has 0 aliphatic rings. The second-order valence-electron chi connectivity index (χ2n) is 4.55. The van der Waals surface area contributed by atoms with Gasteiger partial charge in [-0.15, -0.1) is 0 Å². The highest BCUT2D eigenvalue weighted by molar-refractivity contribution is 6.07. The standard InChI is InChI=1S/C18H15FO3/c1-2-22-18(21)15-8-6-14(7-9-15)17(20)12-5-13-3-10-16(19)11-4-13/h3-12H,2H2,1H3/b12-5+. The van der Waals surface area contributed by atoms with Crippen LogP contribution in [0.5, 0.6) is 0 Å². The molecule has 3 nitrogen and oxygen atoms in total. The van der Waals surface area contributed by atoms with Crippen LogP contribution in [0.15, 0.2) is 54.6 Å². The molecule has 0 radical (unpaired) electrons. The summed E-state index contributed by atoms with van der Waals surface area (Å²) in [5.41, 5.74) is 1.60. The van der Waals surface area contributed by atoms with Gasteiger partial charge in [0.15, 0.2) is 5.78 Å². The van der Waals surface area contributed by atoms with Crippen molar-refractivity contribution >= 4 is 17.8 Å². The van der Waals surface area contributed by atoms with E-state index in [1.165, 1.54) is 18.2 Å². The third-order valence-corrected chi connectivity index (χ3v) is 2.98. The van der Waals surface area contributed by atoms with E-state index < -0.39 is 5.97 Å². The zero-order valence-corrected chi connectivity index (χ0v) is 12.1. The van der Waals surface area contributed by atoms with Gasteiger partial charge in [-0.05, 0) is 42.8 Å². The van der Waals surface area contributed by atoms with E-state index in [0.717, 1.165) is 5.56 Å². The Bertz CT molecular complexity index is 685. The lowest BCUT2D eigenvalue weighted by molar-refractivity contribution is 0.0526. The van der Waals surface area contributed by atoms with Crippen LogP contribution in [0.1, 0.15) is 33.2 Å². The fraction of sp³-hybridized carbons (Fsp3) is 0.111. The Morgan fingerprint density at radius 3 is 2.18 bits per heavy atom. The minimum atomic E-state index is -0.414. The zero-order chi connectivity index (χ0) is 15.9. The van der Waals surface area contributed by atoms with Gasteiger partial charge in [0.1, 0.15) is 5.82 Å². The normalized spacial score (nSPS) is 10.6. The van der Waals surface area contributed by atoms with Gasteiger partial charge in [0.05, 0.1) is 12.2 Å². The van der Waals surface area contributed by atoms with Crippen LogP contribution in [-0.2, 0) is 4.74 Å². The number of halogens is 1. The van der Waals surface area contributed by atoms with Crippen molar-refractivity contribution in [2.75, 3.05) is 6.61 Å². The zero-order valence-electron chi connectivity index (χ0n) is 12.1. The van der Waals surface area contributed by atoms with Crippen LogP contribution < -0.4 is 0 Å². The van der Waals surface area contributed by atoms with Gasteiger partial charge >= 0.3 is 5.97 Å². The van der Waals surface area contributed by atoms with Crippen LogP contribution in [-0.4, -0.2) is 18.4 Å². The molecule has 4 heteroatoms. The molecule has 0 fully saturated rings. The Labute approximate surface area is 128 Å². The molecular formula is C18H15FO3. The predicted octanol–water partition coefficient (Wildman–Crippen LogP) is 3.90. The van der Waals surface area contributed by atoms with Crippen LogP contribution in [0, 0.1) is 5.82 Å². The molecule has 0 spiro atoms. The largest absolute Gasteiger partial charge is 0.462 e. The maximum Gasteiger partial charge on any atom is 0.338 e. The number of carbonyl (C=O) groups excluding carboxylic acids is 2. The molecule has 0 unspecified atom stereocenters. The van der Waals surface area contributed by atoms with Crippen LogP contribution >= 0.6 is 0 Å². The van der Waals surface area contributed by atoms with Crippen molar-refractivity contribution in [3.8, 4) is 0 Å². The summed E-state index contributed by atoms with van der Waals surface area (Å²) in [6, 6.07) is 12.1. The van der Waals surface area contributed by atoms with E-state index in [2.05, 4.69) is 0 Å². The third-order valence-electron chi connectivity index (χ3n) is 2.98. The van der Waals surface area contributed by atoms with E-state index in [1.54, 1.807) is 49.4 Å². The number of rotatable bonds is 5. The number of hydrogen-bond donors (Lipinski definition) is 0. The smallest absolute Gasteiger partial charge is 0.338 e. The number of benzene rings is 2. The molecule has 0 heterocycles. The minimum absolute atomic E-state index is 0.195. The van der Waals surface area contributed by atoms with Gasteiger partial charge in [0.25, 0.3) is 0 Å². The first kappa shape index (κ1) is 15.6. The van der Waals surface area contributed by atoms with Crippen LogP contribution in [0.3, 0.4) is 0 Å². The summed E-state index contributed by atoms with van der Waals surface area (Å²) in [6.45, 7) is 2.04. The van der Waals surface area contributed by atoms with Gasteiger partial charge in [-0.25, -0.2) is 9.18 Å². The number of esters is 1. The average Bonchev–Trinajstić information content (AvgIpc) is 2.54. The Morgan fingerprint density at radius 1 is 1.00 bits per heavy atom. The number of ether oxygens (including phenoxy) is 1. The van der Waals surface area contributed by atoms with Crippen LogP contribution in [0.4, 0.5) is 4.39 Å². The average molecular weight is 298 g/mol. The summed E-state index contributed by atoms with van der Waals surface area (Å²) >= 11 is 0. The third kappa shape index (κ3) is 4.12. The second-order valence-corrected chi connectivity index (χ2v) is 4.55.